The van der Waals surface area contributed by atoms with Crippen molar-refractivity contribution in [3.05, 3.63) is 59.4 Å². The van der Waals surface area contributed by atoms with Crippen molar-refractivity contribution in [2.24, 2.45) is 5.92 Å². The summed E-state index contributed by atoms with van der Waals surface area (Å²) in [6.45, 7) is 1.10. The first kappa shape index (κ1) is 25.6. The van der Waals surface area contributed by atoms with E-state index in [0.29, 0.717) is 41.8 Å². The van der Waals surface area contributed by atoms with Gasteiger partial charge in [-0.3, -0.25) is 14.5 Å². The number of amides is 1. The first-order valence-corrected chi connectivity index (χ1v) is 12.4. The van der Waals surface area contributed by atoms with Gasteiger partial charge in [-0.2, -0.15) is 0 Å². The standard InChI is InChI=1S/C26H28BrN5O4/c1-32(14-25(34)36-15-17-8-9-17)10-4-7-24(33)31-22-12-20-21(13-23(22)35-2)28-16-29-26(20)30-19-6-3-5-18(27)11-19/h3-7,11-13,16-17H,8-10,14-15H2,1-2H3,(H,31,33)(H,28,29,30). The van der Waals surface area contributed by atoms with Gasteiger partial charge in [0, 0.05) is 34.2 Å². The highest BCUT2D eigenvalue weighted by Crippen LogP contribution is 2.33. The van der Waals surface area contributed by atoms with E-state index < -0.39 is 0 Å². The van der Waals surface area contributed by atoms with Crippen LogP contribution in [0, 0.1) is 5.92 Å². The van der Waals surface area contributed by atoms with Crippen LogP contribution in [0.3, 0.4) is 0 Å². The Morgan fingerprint density at radius 3 is 2.81 bits per heavy atom. The number of carbonyl (C=O) groups excluding carboxylic acids is 2. The quantitative estimate of drug-likeness (QED) is 0.263. The lowest BCUT2D eigenvalue weighted by Crippen LogP contribution is -2.28. The molecule has 2 N–H and O–H groups in total. The molecule has 0 radical (unpaired) electrons. The Balaban J connectivity index is 1.41. The summed E-state index contributed by atoms with van der Waals surface area (Å²) in [4.78, 5) is 35.0. The van der Waals surface area contributed by atoms with E-state index in [1.165, 1.54) is 19.5 Å². The molecule has 4 rings (SSSR count). The maximum absolute atomic E-state index is 12.6. The molecule has 0 atom stereocenters. The molecule has 2 aromatic carbocycles. The van der Waals surface area contributed by atoms with Gasteiger partial charge < -0.3 is 20.1 Å². The molecule has 10 heteroatoms. The summed E-state index contributed by atoms with van der Waals surface area (Å²) in [5.41, 5.74) is 2.01. The number of carbonyl (C=O) groups is 2. The van der Waals surface area contributed by atoms with E-state index >= 15 is 0 Å². The molecule has 1 aliphatic carbocycles. The van der Waals surface area contributed by atoms with Crippen molar-refractivity contribution in [1.82, 2.24) is 14.9 Å². The molecular formula is C26H28BrN5O4. The average molecular weight is 554 g/mol. The van der Waals surface area contributed by atoms with E-state index in [0.717, 1.165) is 28.4 Å². The zero-order valence-electron chi connectivity index (χ0n) is 20.2. The third-order valence-corrected chi connectivity index (χ3v) is 6.06. The zero-order chi connectivity index (χ0) is 25.5. The van der Waals surface area contributed by atoms with Gasteiger partial charge in [0.1, 0.15) is 17.9 Å². The molecule has 0 aliphatic heterocycles. The summed E-state index contributed by atoms with van der Waals surface area (Å²) in [5.74, 6) is 1.04. The fourth-order valence-corrected chi connectivity index (χ4v) is 3.89. The maximum Gasteiger partial charge on any atom is 0.320 e. The summed E-state index contributed by atoms with van der Waals surface area (Å²) in [7, 11) is 3.33. The number of fused-ring (bicyclic) bond motifs is 1. The number of hydrogen-bond donors (Lipinski definition) is 2. The lowest BCUT2D eigenvalue weighted by molar-refractivity contribution is -0.145. The van der Waals surface area contributed by atoms with Crippen LogP contribution in [0.1, 0.15) is 12.8 Å². The van der Waals surface area contributed by atoms with Gasteiger partial charge in [-0.1, -0.05) is 28.1 Å². The lowest BCUT2D eigenvalue weighted by atomic mass is 10.2. The smallest absolute Gasteiger partial charge is 0.320 e. The van der Waals surface area contributed by atoms with Gasteiger partial charge in [-0.25, -0.2) is 9.97 Å². The average Bonchev–Trinajstić information content (AvgIpc) is 3.67. The molecule has 1 amide bonds. The highest BCUT2D eigenvalue weighted by atomic mass is 79.9. The molecule has 3 aromatic rings. The fraction of sp³-hybridized carbons (Fsp3) is 0.308. The minimum atomic E-state index is -0.323. The predicted octanol–water partition coefficient (Wildman–Crippen LogP) is 4.52. The highest BCUT2D eigenvalue weighted by Gasteiger charge is 2.23. The van der Waals surface area contributed by atoms with Crippen LogP contribution in [-0.4, -0.2) is 60.6 Å². The number of hydrogen-bond acceptors (Lipinski definition) is 8. The van der Waals surface area contributed by atoms with Gasteiger partial charge in [-0.05, 0) is 50.1 Å². The second-order valence-electron chi connectivity index (χ2n) is 8.64. The number of methoxy groups -OCH3 is 1. The number of rotatable bonds is 11. The number of halogens is 1. The normalized spacial score (nSPS) is 13.2. The summed E-state index contributed by atoms with van der Waals surface area (Å²) in [6.07, 6.45) is 6.87. The summed E-state index contributed by atoms with van der Waals surface area (Å²) < 4.78 is 11.7. The Kier molecular flexibility index (Phi) is 8.50. The second-order valence-corrected chi connectivity index (χ2v) is 9.56. The summed E-state index contributed by atoms with van der Waals surface area (Å²) >= 11 is 3.47. The van der Waals surface area contributed by atoms with E-state index in [1.807, 2.05) is 24.3 Å². The van der Waals surface area contributed by atoms with Crippen molar-refractivity contribution >= 4 is 55.9 Å². The molecule has 1 heterocycles. The van der Waals surface area contributed by atoms with Gasteiger partial charge >= 0.3 is 5.97 Å². The van der Waals surface area contributed by atoms with E-state index in [-0.39, 0.29) is 18.4 Å². The SMILES string of the molecule is COc1cc2ncnc(Nc3cccc(Br)c3)c2cc1NC(=O)C=CCN(C)CC(=O)OCC1CC1. The molecule has 0 unspecified atom stereocenters. The van der Waals surface area contributed by atoms with Crippen LogP contribution >= 0.6 is 15.9 Å². The summed E-state index contributed by atoms with van der Waals surface area (Å²) in [6, 6.07) is 11.3. The Labute approximate surface area is 218 Å². The fourth-order valence-electron chi connectivity index (χ4n) is 3.49. The van der Waals surface area contributed by atoms with Crippen molar-refractivity contribution in [3.8, 4) is 5.75 Å². The number of nitrogens with one attached hydrogen (secondary N) is 2. The van der Waals surface area contributed by atoms with E-state index in [9.17, 15) is 9.59 Å². The largest absolute Gasteiger partial charge is 0.494 e. The summed E-state index contributed by atoms with van der Waals surface area (Å²) in [5, 5.41) is 6.88. The highest BCUT2D eigenvalue weighted by molar-refractivity contribution is 9.10. The van der Waals surface area contributed by atoms with Crippen molar-refractivity contribution in [3.63, 3.8) is 0 Å². The molecule has 188 valence electrons. The van der Waals surface area contributed by atoms with Crippen molar-refractivity contribution in [2.75, 3.05) is 44.5 Å². The lowest BCUT2D eigenvalue weighted by Gasteiger charge is -2.14. The molecule has 1 aliphatic rings. The number of aromatic nitrogens is 2. The Hall–Kier alpha value is -3.50. The van der Waals surface area contributed by atoms with Crippen LogP contribution in [-0.2, 0) is 14.3 Å². The molecule has 9 nitrogen and oxygen atoms in total. The van der Waals surface area contributed by atoms with Crippen molar-refractivity contribution < 1.29 is 19.1 Å². The van der Waals surface area contributed by atoms with Crippen LogP contribution in [0.5, 0.6) is 5.75 Å². The Morgan fingerprint density at radius 1 is 1.22 bits per heavy atom. The topological polar surface area (TPSA) is 106 Å². The number of anilines is 3. The van der Waals surface area contributed by atoms with Crippen molar-refractivity contribution in [1.29, 1.82) is 0 Å². The molecular weight excluding hydrogens is 526 g/mol. The zero-order valence-corrected chi connectivity index (χ0v) is 21.7. The van der Waals surface area contributed by atoms with Crippen LogP contribution in [0.4, 0.5) is 17.2 Å². The molecule has 0 spiro atoms. The first-order chi connectivity index (χ1) is 17.4. The monoisotopic (exact) mass is 553 g/mol. The van der Waals surface area contributed by atoms with Gasteiger partial charge in [0.05, 0.1) is 31.5 Å². The number of esters is 1. The minimum Gasteiger partial charge on any atom is -0.494 e. The number of benzene rings is 2. The number of likely N-dealkylation sites (N-methyl/N-ethyl adjacent to an activating group) is 1. The van der Waals surface area contributed by atoms with E-state index in [1.54, 1.807) is 30.2 Å². The predicted molar refractivity (Wildman–Crippen MR) is 142 cm³/mol. The molecule has 36 heavy (non-hydrogen) atoms. The Morgan fingerprint density at radius 2 is 2.06 bits per heavy atom. The third kappa shape index (κ3) is 7.25. The minimum absolute atomic E-state index is 0.172. The molecule has 1 fully saturated rings. The van der Waals surface area contributed by atoms with Crippen LogP contribution in [0.25, 0.3) is 10.9 Å². The first-order valence-electron chi connectivity index (χ1n) is 11.6. The van der Waals surface area contributed by atoms with Gasteiger partial charge in [0.2, 0.25) is 5.91 Å². The van der Waals surface area contributed by atoms with Crippen LogP contribution in [0.2, 0.25) is 0 Å². The van der Waals surface area contributed by atoms with Gasteiger partial charge in [-0.15, -0.1) is 0 Å². The molecule has 1 saturated carbocycles. The van der Waals surface area contributed by atoms with E-state index in [2.05, 4.69) is 36.5 Å². The molecule has 0 bridgehead atoms. The van der Waals surface area contributed by atoms with Crippen LogP contribution < -0.4 is 15.4 Å². The molecule has 1 aromatic heterocycles. The second kappa shape index (κ2) is 12.0. The van der Waals surface area contributed by atoms with Gasteiger partial charge in [0.25, 0.3) is 0 Å². The number of ether oxygens (including phenoxy) is 2. The van der Waals surface area contributed by atoms with Crippen LogP contribution in [0.15, 0.2) is 59.4 Å². The molecule has 0 saturated heterocycles. The number of nitrogens with zero attached hydrogens (tertiary/aromatic N) is 3. The Bertz CT molecular complexity index is 1280. The maximum atomic E-state index is 12.6. The van der Waals surface area contributed by atoms with E-state index in [4.69, 9.17) is 9.47 Å². The third-order valence-electron chi connectivity index (χ3n) is 5.56. The van der Waals surface area contributed by atoms with Crippen molar-refractivity contribution in [2.45, 2.75) is 12.8 Å². The van der Waals surface area contributed by atoms with Gasteiger partial charge in [0.15, 0.2) is 0 Å².